The summed E-state index contributed by atoms with van der Waals surface area (Å²) in [6.45, 7) is 4.49. The Labute approximate surface area is 195 Å². The maximum absolute atomic E-state index is 12.6. The summed E-state index contributed by atoms with van der Waals surface area (Å²) in [4.78, 5) is 14.7. The van der Waals surface area contributed by atoms with E-state index in [1.165, 1.54) is 84.0 Å². The molecule has 3 aromatic rings. The smallest absolute Gasteiger partial charge is 0.353 e. The third-order valence-electron chi connectivity index (χ3n) is 5.69. The fraction of sp³-hybridized carbons (Fsp3) is 0.519. The molecular formula is C27H36O2S2. The average molecular weight is 457 g/mol. The Kier molecular flexibility index (Phi) is 10.1. The Balaban J connectivity index is 1.47. The Morgan fingerprint density at radius 1 is 0.742 bits per heavy atom. The number of carbonyl (C=O) groups excluding carboxylic acids is 1. The monoisotopic (exact) mass is 456 g/mol. The van der Waals surface area contributed by atoms with Gasteiger partial charge >= 0.3 is 5.97 Å². The molecule has 4 heteroatoms. The average Bonchev–Trinajstić information content (AvgIpc) is 3.34. The van der Waals surface area contributed by atoms with Crippen molar-refractivity contribution in [3.63, 3.8) is 0 Å². The summed E-state index contributed by atoms with van der Waals surface area (Å²) in [5, 5.41) is 0. The number of esters is 1. The van der Waals surface area contributed by atoms with Gasteiger partial charge in [0.15, 0.2) is 0 Å². The minimum Gasteiger partial charge on any atom is -0.422 e. The van der Waals surface area contributed by atoms with E-state index >= 15 is 0 Å². The number of unbranched alkanes of at least 4 members (excludes halogenated alkanes) is 8. The van der Waals surface area contributed by atoms with E-state index in [2.05, 4.69) is 32.0 Å². The van der Waals surface area contributed by atoms with Crippen LogP contribution in [0.25, 0.3) is 9.40 Å². The highest BCUT2D eigenvalue weighted by molar-refractivity contribution is 7.28. The van der Waals surface area contributed by atoms with Gasteiger partial charge in [0.25, 0.3) is 0 Å². The largest absolute Gasteiger partial charge is 0.422 e. The van der Waals surface area contributed by atoms with Crippen LogP contribution in [0, 0.1) is 0 Å². The van der Waals surface area contributed by atoms with Crippen LogP contribution in [0.3, 0.4) is 0 Å². The van der Waals surface area contributed by atoms with Crippen LogP contribution < -0.4 is 4.74 Å². The Hall–Kier alpha value is -1.65. The molecule has 0 atom stereocenters. The first-order chi connectivity index (χ1) is 15.2. The standard InChI is InChI=1S/C27H36O2S2/c1-3-5-7-9-11-13-21-15-17-22(18-16-21)29-27(28)26-20-25-24(31-26)19-23(30-25)14-12-10-8-6-4-2/h15-20H,3-14H2,1-2H3. The second kappa shape index (κ2) is 13.0. The number of hydrogen-bond donors (Lipinski definition) is 0. The van der Waals surface area contributed by atoms with Crippen LogP contribution in [0.4, 0.5) is 0 Å². The zero-order valence-corrected chi connectivity index (χ0v) is 20.7. The zero-order chi connectivity index (χ0) is 21.9. The van der Waals surface area contributed by atoms with Crippen molar-refractivity contribution in [3.8, 4) is 5.75 Å². The van der Waals surface area contributed by atoms with Crippen LogP contribution in [0.15, 0.2) is 36.4 Å². The van der Waals surface area contributed by atoms with E-state index < -0.39 is 0 Å². The van der Waals surface area contributed by atoms with Gasteiger partial charge in [-0.1, -0.05) is 77.3 Å². The molecule has 2 nitrogen and oxygen atoms in total. The lowest BCUT2D eigenvalue weighted by atomic mass is 10.1. The number of ether oxygens (including phenoxy) is 1. The molecule has 168 valence electrons. The molecule has 0 fully saturated rings. The summed E-state index contributed by atoms with van der Waals surface area (Å²) in [5.41, 5.74) is 1.31. The quantitative estimate of drug-likeness (QED) is 0.137. The van der Waals surface area contributed by atoms with Crippen LogP contribution in [-0.4, -0.2) is 5.97 Å². The highest BCUT2D eigenvalue weighted by Crippen LogP contribution is 2.34. The third kappa shape index (κ3) is 7.76. The maximum Gasteiger partial charge on any atom is 0.353 e. The number of hydrogen-bond acceptors (Lipinski definition) is 4. The second-order valence-corrected chi connectivity index (χ2v) is 10.7. The van der Waals surface area contributed by atoms with E-state index in [4.69, 9.17) is 4.74 Å². The number of carbonyl (C=O) groups is 1. The first kappa shape index (κ1) is 24.0. The van der Waals surface area contributed by atoms with Crippen LogP contribution in [0.1, 0.15) is 98.2 Å². The molecule has 0 bridgehead atoms. The fourth-order valence-electron chi connectivity index (χ4n) is 3.83. The first-order valence-corrected chi connectivity index (χ1v) is 13.7. The Morgan fingerprint density at radius 2 is 1.35 bits per heavy atom. The second-order valence-electron chi connectivity index (χ2n) is 8.41. The summed E-state index contributed by atoms with van der Waals surface area (Å²) in [7, 11) is 0. The molecule has 2 heterocycles. The molecule has 0 radical (unpaired) electrons. The van der Waals surface area contributed by atoms with Gasteiger partial charge < -0.3 is 4.74 Å². The zero-order valence-electron chi connectivity index (χ0n) is 19.1. The summed E-state index contributed by atoms with van der Waals surface area (Å²) in [5.74, 6) is 0.381. The van der Waals surface area contributed by atoms with Gasteiger partial charge in [0.05, 0.1) is 0 Å². The van der Waals surface area contributed by atoms with Crippen molar-refractivity contribution < 1.29 is 9.53 Å². The number of benzene rings is 1. The van der Waals surface area contributed by atoms with Crippen LogP contribution in [-0.2, 0) is 12.8 Å². The topological polar surface area (TPSA) is 26.3 Å². The first-order valence-electron chi connectivity index (χ1n) is 12.0. The van der Waals surface area contributed by atoms with Crippen molar-refractivity contribution >= 4 is 38.0 Å². The summed E-state index contributed by atoms with van der Waals surface area (Å²) in [6.07, 6.45) is 15.2. The SMILES string of the molecule is CCCCCCCc1ccc(OC(=O)c2cc3sc(CCCCCCC)cc3s2)cc1. The minimum atomic E-state index is -0.248. The summed E-state index contributed by atoms with van der Waals surface area (Å²) >= 11 is 3.37. The predicted molar refractivity (Wildman–Crippen MR) is 136 cm³/mol. The van der Waals surface area contributed by atoms with Gasteiger partial charge in [-0.25, -0.2) is 4.79 Å². The molecule has 2 aromatic heterocycles. The molecule has 0 amide bonds. The number of fused-ring (bicyclic) bond motifs is 1. The van der Waals surface area contributed by atoms with Crippen LogP contribution in [0.2, 0.25) is 0 Å². The van der Waals surface area contributed by atoms with Crippen molar-refractivity contribution in [3.05, 3.63) is 51.7 Å². The van der Waals surface area contributed by atoms with Gasteiger partial charge in [-0.2, -0.15) is 0 Å². The van der Waals surface area contributed by atoms with Crippen molar-refractivity contribution in [2.24, 2.45) is 0 Å². The van der Waals surface area contributed by atoms with Gasteiger partial charge in [0.1, 0.15) is 10.6 Å². The van der Waals surface area contributed by atoms with Gasteiger partial charge in [-0.15, -0.1) is 22.7 Å². The Morgan fingerprint density at radius 3 is 2.00 bits per heavy atom. The lowest BCUT2D eigenvalue weighted by molar-refractivity contribution is 0.0740. The van der Waals surface area contributed by atoms with Gasteiger partial charge in [0, 0.05) is 14.3 Å². The molecule has 0 unspecified atom stereocenters. The molecule has 31 heavy (non-hydrogen) atoms. The van der Waals surface area contributed by atoms with E-state index in [-0.39, 0.29) is 5.97 Å². The highest BCUT2D eigenvalue weighted by Gasteiger charge is 2.15. The molecule has 0 saturated carbocycles. The summed E-state index contributed by atoms with van der Waals surface area (Å²) < 4.78 is 8.04. The number of aryl methyl sites for hydroxylation is 2. The molecule has 0 aliphatic rings. The minimum absolute atomic E-state index is 0.248. The van der Waals surface area contributed by atoms with Gasteiger partial charge in [-0.3, -0.25) is 0 Å². The highest BCUT2D eigenvalue weighted by atomic mass is 32.1. The lowest BCUT2D eigenvalue weighted by Crippen LogP contribution is -2.06. The molecule has 1 aromatic carbocycles. The Bertz CT molecular complexity index is 889. The number of rotatable bonds is 14. The van der Waals surface area contributed by atoms with E-state index in [1.54, 1.807) is 11.3 Å². The van der Waals surface area contributed by atoms with Gasteiger partial charge in [0.2, 0.25) is 0 Å². The van der Waals surface area contributed by atoms with Crippen molar-refractivity contribution in [2.45, 2.75) is 90.9 Å². The van der Waals surface area contributed by atoms with Crippen LogP contribution in [0.5, 0.6) is 5.75 Å². The predicted octanol–water partition coefficient (Wildman–Crippen LogP) is 9.21. The fourth-order valence-corrected chi connectivity index (χ4v) is 6.17. The molecule has 3 rings (SSSR count). The maximum atomic E-state index is 12.6. The molecule has 0 aliphatic carbocycles. The van der Waals surface area contributed by atoms with Gasteiger partial charge in [-0.05, 0) is 55.5 Å². The van der Waals surface area contributed by atoms with E-state index in [0.29, 0.717) is 10.6 Å². The van der Waals surface area contributed by atoms with E-state index in [1.807, 2.05) is 29.5 Å². The molecule has 0 aliphatic heterocycles. The molecule has 0 spiro atoms. The van der Waals surface area contributed by atoms with E-state index in [0.717, 1.165) is 12.8 Å². The third-order valence-corrected chi connectivity index (χ3v) is 8.02. The van der Waals surface area contributed by atoms with Crippen molar-refractivity contribution in [1.82, 2.24) is 0 Å². The normalized spacial score (nSPS) is 11.3. The molecule has 0 N–H and O–H groups in total. The molecule has 0 saturated heterocycles. The van der Waals surface area contributed by atoms with Crippen molar-refractivity contribution in [1.29, 1.82) is 0 Å². The van der Waals surface area contributed by atoms with E-state index in [9.17, 15) is 4.79 Å². The summed E-state index contributed by atoms with van der Waals surface area (Å²) in [6, 6.07) is 12.3. The lowest BCUT2D eigenvalue weighted by Gasteiger charge is -2.05. The molecular weight excluding hydrogens is 420 g/mol. The number of thiophene rings is 2. The van der Waals surface area contributed by atoms with Crippen LogP contribution >= 0.6 is 22.7 Å². The van der Waals surface area contributed by atoms with Crippen molar-refractivity contribution in [2.75, 3.05) is 0 Å².